The summed E-state index contributed by atoms with van der Waals surface area (Å²) < 4.78 is 0. The predicted molar refractivity (Wildman–Crippen MR) is 82.0 cm³/mol. The number of carbonyl (C=O) groups excluding carboxylic acids is 1. The van der Waals surface area contributed by atoms with E-state index in [1.807, 2.05) is 18.2 Å². The molecule has 0 radical (unpaired) electrons. The van der Waals surface area contributed by atoms with Gasteiger partial charge >= 0.3 is 0 Å². The summed E-state index contributed by atoms with van der Waals surface area (Å²) in [5.41, 5.74) is 9.78. The van der Waals surface area contributed by atoms with Gasteiger partial charge in [-0.1, -0.05) is 49.0 Å². The Bertz CT molecular complexity index is 469. The van der Waals surface area contributed by atoms with Crippen molar-refractivity contribution >= 4 is 22.7 Å². The molecule has 0 saturated heterocycles. The fourth-order valence-electron chi connectivity index (χ4n) is 1.30. The van der Waals surface area contributed by atoms with Crippen LogP contribution >= 0.6 is 11.8 Å². The van der Waals surface area contributed by atoms with Gasteiger partial charge < -0.3 is 5.73 Å². The van der Waals surface area contributed by atoms with Gasteiger partial charge in [-0.05, 0) is 13.3 Å². The summed E-state index contributed by atoms with van der Waals surface area (Å²) in [4.78, 5) is 11.9. The van der Waals surface area contributed by atoms with Crippen molar-refractivity contribution in [2.45, 2.75) is 20.3 Å². The number of amidine groups is 1. The first-order valence-corrected chi connectivity index (χ1v) is 7.11. The molecule has 0 aliphatic heterocycles. The van der Waals surface area contributed by atoms with Crippen LogP contribution < -0.4 is 11.2 Å². The minimum atomic E-state index is -0.0550. The summed E-state index contributed by atoms with van der Waals surface area (Å²) in [5.74, 6) is 0.878. The lowest BCUT2D eigenvalue weighted by molar-refractivity contribution is 0.104. The Kier molecular flexibility index (Phi) is 6.74. The summed E-state index contributed by atoms with van der Waals surface area (Å²) in [7, 11) is 0. The minimum absolute atomic E-state index is 0.0550. The zero-order valence-electron chi connectivity index (χ0n) is 11.2. The first kappa shape index (κ1) is 15.3. The third kappa shape index (κ3) is 6.10. The molecule has 1 rings (SSSR count). The lowest BCUT2D eigenvalue weighted by Crippen LogP contribution is -2.14. The Morgan fingerprint density at radius 3 is 2.74 bits per heavy atom. The van der Waals surface area contributed by atoms with Crippen LogP contribution in [0.2, 0.25) is 0 Å². The molecule has 0 fully saturated rings. The van der Waals surface area contributed by atoms with E-state index in [2.05, 4.69) is 17.5 Å². The van der Waals surface area contributed by atoms with Crippen LogP contribution in [0.3, 0.4) is 0 Å². The van der Waals surface area contributed by atoms with E-state index in [0.29, 0.717) is 16.4 Å². The Morgan fingerprint density at radius 2 is 2.11 bits per heavy atom. The molecule has 0 unspecified atom stereocenters. The number of nitrogens with zero attached hydrogens (tertiary/aromatic N) is 1. The second kappa shape index (κ2) is 8.37. The highest BCUT2D eigenvalue weighted by Crippen LogP contribution is 2.03. The van der Waals surface area contributed by atoms with Gasteiger partial charge in [0.1, 0.15) is 0 Å². The number of nitrogens with one attached hydrogen (secondary N) is 1. The molecular formula is C14H19N3OS. The molecule has 0 spiro atoms. The number of hydrogen-bond acceptors (Lipinski definition) is 4. The highest BCUT2D eigenvalue weighted by atomic mass is 32.2. The van der Waals surface area contributed by atoms with E-state index in [9.17, 15) is 4.79 Å². The summed E-state index contributed by atoms with van der Waals surface area (Å²) in [6.45, 7) is 3.86. The summed E-state index contributed by atoms with van der Waals surface area (Å²) in [6.07, 6.45) is 2.55. The van der Waals surface area contributed by atoms with Gasteiger partial charge in [-0.15, -0.1) is 0 Å². The quantitative estimate of drug-likeness (QED) is 0.276. The number of hydrazone groups is 1. The monoisotopic (exact) mass is 277 g/mol. The van der Waals surface area contributed by atoms with Gasteiger partial charge in [0.05, 0.1) is 0 Å². The second-order valence-corrected chi connectivity index (χ2v) is 5.08. The molecule has 0 amide bonds. The van der Waals surface area contributed by atoms with E-state index in [1.165, 1.54) is 17.8 Å². The zero-order valence-corrected chi connectivity index (χ0v) is 12.0. The van der Waals surface area contributed by atoms with E-state index in [1.54, 1.807) is 19.1 Å². The Balaban J connectivity index is 2.55. The first-order chi connectivity index (χ1) is 9.13. The third-order valence-electron chi connectivity index (χ3n) is 2.20. The lowest BCUT2D eigenvalue weighted by Gasteiger charge is -2.02. The van der Waals surface area contributed by atoms with Gasteiger partial charge in [0.2, 0.25) is 0 Å². The van der Waals surface area contributed by atoms with Crippen LogP contribution in [0.25, 0.3) is 0 Å². The lowest BCUT2D eigenvalue weighted by atomic mass is 10.1. The van der Waals surface area contributed by atoms with Crippen LogP contribution in [0, 0.1) is 0 Å². The zero-order chi connectivity index (χ0) is 14.1. The molecule has 102 valence electrons. The molecule has 4 nitrogen and oxygen atoms in total. The molecule has 0 aliphatic carbocycles. The van der Waals surface area contributed by atoms with E-state index >= 15 is 0 Å². The fourth-order valence-corrected chi connectivity index (χ4v) is 1.82. The molecule has 5 heteroatoms. The first-order valence-electron chi connectivity index (χ1n) is 6.13. The molecule has 0 bridgehead atoms. The summed E-state index contributed by atoms with van der Waals surface area (Å²) >= 11 is 1.49. The van der Waals surface area contributed by atoms with Gasteiger partial charge in [-0.3, -0.25) is 10.2 Å². The molecule has 0 heterocycles. The highest BCUT2D eigenvalue weighted by molar-refractivity contribution is 8.13. The van der Waals surface area contributed by atoms with Crippen LogP contribution in [-0.2, 0) is 0 Å². The molecule has 1 aromatic carbocycles. The average molecular weight is 277 g/mol. The maximum atomic E-state index is 11.9. The normalized spacial score (nSPS) is 12.3. The topological polar surface area (TPSA) is 67.5 Å². The van der Waals surface area contributed by atoms with Gasteiger partial charge in [-0.25, -0.2) is 0 Å². The standard InChI is InChI=1S/C14H19N3OS/c1-3-9-19-14(15)17-16-11(2)10-13(18)12-7-5-4-6-8-12/h4-8,10,16H,3,9H2,1-2H3,(H2,15,17)/b11-10+. The largest absolute Gasteiger partial charge is 0.377 e. The number of carbonyl (C=O) groups is 1. The summed E-state index contributed by atoms with van der Waals surface area (Å²) in [5, 5.41) is 4.47. The van der Waals surface area contributed by atoms with Crippen molar-refractivity contribution in [2.24, 2.45) is 10.8 Å². The van der Waals surface area contributed by atoms with Gasteiger partial charge in [0, 0.05) is 23.1 Å². The van der Waals surface area contributed by atoms with Crippen LogP contribution in [0.4, 0.5) is 0 Å². The fraction of sp³-hybridized carbons (Fsp3) is 0.286. The van der Waals surface area contributed by atoms with Crippen LogP contribution in [0.5, 0.6) is 0 Å². The molecule has 0 atom stereocenters. The van der Waals surface area contributed by atoms with Crippen molar-refractivity contribution in [1.29, 1.82) is 0 Å². The molecular weight excluding hydrogens is 258 g/mol. The van der Waals surface area contributed by atoms with Gasteiger partial charge in [0.25, 0.3) is 0 Å². The molecule has 0 saturated carbocycles. The number of ketones is 1. The Hall–Kier alpha value is -1.75. The van der Waals surface area contributed by atoms with Crippen molar-refractivity contribution in [3.05, 3.63) is 47.7 Å². The Labute approximate surface area is 118 Å². The Morgan fingerprint density at radius 1 is 1.42 bits per heavy atom. The molecule has 1 aromatic rings. The number of nitrogens with two attached hydrogens (primary N) is 1. The van der Waals surface area contributed by atoms with Crippen molar-refractivity contribution < 1.29 is 4.79 Å². The summed E-state index contributed by atoms with van der Waals surface area (Å²) in [6, 6.07) is 9.10. The van der Waals surface area contributed by atoms with Crippen LogP contribution in [-0.4, -0.2) is 16.7 Å². The SMILES string of the molecule is CCCS/C(N)=N/N/C(C)=C/C(=O)c1ccccc1. The molecule has 3 N–H and O–H groups in total. The maximum absolute atomic E-state index is 11.9. The maximum Gasteiger partial charge on any atom is 0.187 e. The second-order valence-electron chi connectivity index (χ2n) is 3.97. The van der Waals surface area contributed by atoms with Crippen molar-refractivity contribution in [3.8, 4) is 0 Å². The predicted octanol–water partition coefficient (Wildman–Crippen LogP) is 2.74. The van der Waals surface area contributed by atoms with Gasteiger partial charge in [-0.2, -0.15) is 5.10 Å². The smallest absolute Gasteiger partial charge is 0.187 e. The number of benzene rings is 1. The van der Waals surface area contributed by atoms with E-state index in [-0.39, 0.29) is 5.78 Å². The number of thioether (sulfide) groups is 1. The molecule has 0 aromatic heterocycles. The molecule has 19 heavy (non-hydrogen) atoms. The number of hydrogen-bond donors (Lipinski definition) is 2. The molecule has 0 aliphatic rings. The minimum Gasteiger partial charge on any atom is -0.377 e. The van der Waals surface area contributed by atoms with Crippen molar-refractivity contribution in [1.82, 2.24) is 5.43 Å². The van der Waals surface area contributed by atoms with E-state index < -0.39 is 0 Å². The van der Waals surface area contributed by atoms with E-state index in [4.69, 9.17) is 5.73 Å². The van der Waals surface area contributed by atoms with E-state index in [0.717, 1.165) is 12.2 Å². The average Bonchev–Trinajstić information content (AvgIpc) is 2.43. The van der Waals surface area contributed by atoms with Crippen LogP contribution in [0.1, 0.15) is 30.6 Å². The van der Waals surface area contributed by atoms with Crippen molar-refractivity contribution in [2.75, 3.05) is 5.75 Å². The third-order valence-corrected chi connectivity index (χ3v) is 3.20. The van der Waals surface area contributed by atoms with Crippen LogP contribution in [0.15, 0.2) is 47.2 Å². The number of rotatable bonds is 6. The van der Waals surface area contributed by atoms with Crippen molar-refractivity contribution in [3.63, 3.8) is 0 Å². The number of allylic oxidation sites excluding steroid dienone is 2. The highest BCUT2D eigenvalue weighted by Gasteiger charge is 2.01. The van der Waals surface area contributed by atoms with Gasteiger partial charge in [0.15, 0.2) is 11.0 Å².